The van der Waals surface area contributed by atoms with Crippen molar-refractivity contribution in [1.29, 1.82) is 0 Å². The van der Waals surface area contributed by atoms with Gasteiger partial charge in [0.1, 0.15) is 17.2 Å². The Labute approximate surface area is 228 Å². The van der Waals surface area contributed by atoms with Gasteiger partial charge in [-0.2, -0.15) is 0 Å². The van der Waals surface area contributed by atoms with Crippen LogP contribution in [0.2, 0.25) is 5.02 Å². The Morgan fingerprint density at radius 2 is 1.55 bits per heavy atom. The van der Waals surface area contributed by atoms with Gasteiger partial charge in [-0.25, -0.2) is 21.6 Å². The van der Waals surface area contributed by atoms with Crippen LogP contribution in [0.1, 0.15) is 16.7 Å². The fraction of sp³-hybridized carbons (Fsp3) is 0.269. The van der Waals surface area contributed by atoms with Gasteiger partial charge >= 0.3 is 0 Å². The fourth-order valence-corrected chi connectivity index (χ4v) is 6.39. The molecule has 38 heavy (non-hydrogen) atoms. The van der Waals surface area contributed by atoms with Crippen molar-refractivity contribution >= 4 is 43.2 Å². The number of halogens is 1. The highest BCUT2D eigenvalue weighted by atomic mass is 35.5. The number of sulfonamides is 2. The Morgan fingerprint density at radius 3 is 2.18 bits per heavy atom. The maximum Gasteiger partial charge on any atom is 0.268 e. The number of benzene rings is 3. The molecule has 0 aliphatic rings. The largest absolute Gasteiger partial charge is 0.495 e. The summed E-state index contributed by atoms with van der Waals surface area (Å²) in [5.41, 5.74) is 2.55. The zero-order valence-electron chi connectivity index (χ0n) is 21.5. The average Bonchev–Trinajstić information content (AvgIpc) is 2.87. The van der Waals surface area contributed by atoms with Crippen molar-refractivity contribution in [3.63, 3.8) is 0 Å². The van der Waals surface area contributed by atoms with E-state index in [1.54, 1.807) is 50.2 Å². The molecule has 0 heterocycles. The highest BCUT2D eigenvalue weighted by Crippen LogP contribution is 2.32. The minimum atomic E-state index is -4.26. The predicted octanol–water partition coefficient (Wildman–Crippen LogP) is 3.56. The first-order chi connectivity index (χ1) is 17.8. The molecule has 9 nitrogen and oxygen atoms in total. The molecule has 3 rings (SSSR count). The number of hydrogen-bond acceptors (Lipinski definition) is 6. The van der Waals surface area contributed by atoms with Gasteiger partial charge in [-0.05, 0) is 68.3 Å². The second kappa shape index (κ2) is 12.2. The van der Waals surface area contributed by atoms with Crippen LogP contribution in [0.3, 0.4) is 0 Å². The number of hydrogen-bond donors (Lipinski definition) is 2. The van der Waals surface area contributed by atoms with E-state index in [0.29, 0.717) is 10.6 Å². The van der Waals surface area contributed by atoms with Crippen molar-refractivity contribution in [3.05, 3.63) is 82.4 Å². The number of carbonyl (C=O) groups excluding carboxylic acids is 1. The molecule has 0 fully saturated rings. The van der Waals surface area contributed by atoms with Gasteiger partial charge in [-0.15, -0.1) is 0 Å². The lowest BCUT2D eigenvalue weighted by Crippen LogP contribution is -2.43. The molecule has 2 N–H and O–H groups in total. The van der Waals surface area contributed by atoms with Gasteiger partial charge in [-0.1, -0.05) is 41.4 Å². The number of aryl methyl sites for hydroxylation is 3. The van der Waals surface area contributed by atoms with Gasteiger partial charge in [0, 0.05) is 18.1 Å². The topological polar surface area (TPSA) is 122 Å². The van der Waals surface area contributed by atoms with Crippen LogP contribution in [0.25, 0.3) is 0 Å². The fourth-order valence-electron chi connectivity index (χ4n) is 3.53. The first-order valence-corrected chi connectivity index (χ1v) is 14.9. The normalized spacial score (nSPS) is 11.7. The number of anilines is 1. The second-order valence-corrected chi connectivity index (χ2v) is 12.7. The van der Waals surface area contributed by atoms with E-state index >= 15 is 0 Å². The highest BCUT2D eigenvalue weighted by Gasteiger charge is 2.30. The third kappa shape index (κ3) is 7.04. The van der Waals surface area contributed by atoms with Crippen molar-refractivity contribution in [2.24, 2.45) is 0 Å². The lowest BCUT2D eigenvalue weighted by Gasteiger charge is -2.25. The predicted molar refractivity (Wildman–Crippen MR) is 148 cm³/mol. The van der Waals surface area contributed by atoms with Crippen LogP contribution in [0.4, 0.5) is 5.69 Å². The molecular weight excluding hydrogens is 550 g/mol. The summed E-state index contributed by atoms with van der Waals surface area (Å²) in [6, 6.07) is 15.8. The zero-order valence-corrected chi connectivity index (χ0v) is 23.9. The standard InChI is InChI=1S/C26H30ClN3O6S2/c1-18-5-10-22(11-6-18)37(32,33)29-14-13-28-26(31)17-30(21-9-8-20(3)23(27)16-21)38(34,35)25-15-19(2)7-12-24(25)36-4/h5-12,15-16,29H,13-14,17H2,1-4H3,(H,28,31). The van der Waals surface area contributed by atoms with Gasteiger partial charge in [0.15, 0.2) is 0 Å². The molecule has 1 amide bonds. The van der Waals surface area contributed by atoms with Crippen LogP contribution in [0.5, 0.6) is 5.75 Å². The number of nitrogens with zero attached hydrogens (tertiary/aromatic N) is 1. The molecule has 3 aromatic rings. The molecule has 0 saturated carbocycles. The number of methoxy groups -OCH3 is 1. The van der Waals surface area contributed by atoms with Crippen LogP contribution in [0, 0.1) is 20.8 Å². The highest BCUT2D eigenvalue weighted by molar-refractivity contribution is 7.93. The van der Waals surface area contributed by atoms with Gasteiger partial charge in [0.25, 0.3) is 10.0 Å². The van der Waals surface area contributed by atoms with Crippen LogP contribution in [-0.2, 0) is 24.8 Å². The Kier molecular flexibility index (Phi) is 9.42. The van der Waals surface area contributed by atoms with Crippen molar-refractivity contribution in [2.45, 2.75) is 30.6 Å². The molecule has 0 aliphatic carbocycles. The Hall–Kier alpha value is -3.12. The van der Waals surface area contributed by atoms with Crippen LogP contribution in [-0.4, -0.2) is 49.5 Å². The van der Waals surface area contributed by atoms with E-state index in [1.165, 1.54) is 31.4 Å². The Bertz CT molecular complexity index is 1530. The van der Waals surface area contributed by atoms with Gasteiger partial charge in [0.2, 0.25) is 15.9 Å². The summed E-state index contributed by atoms with van der Waals surface area (Å²) in [7, 11) is -6.65. The molecule has 0 unspecified atom stereocenters. The summed E-state index contributed by atoms with van der Waals surface area (Å²) in [6.45, 7) is 4.66. The lowest BCUT2D eigenvalue weighted by molar-refractivity contribution is -0.119. The summed E-state index contributed by atoms with van der Waals surface area (Å²) in [5, 5.41) is 2.91. The van der Waals surface area contributed by atoms with Crippen molar-refractivity contribution in [3.8, 4) is 5.75 Å². The summed E-state index contributed by atoms with van der Waals surface area (Å²) >= 11 is 6.27. The first-order valence-electron chi connectivity index (χ1n) is 11.6. The van der Waals surface area contributed by atoms with Gasteiger partial charge < -0.3 is 10.1 Å². The molecule has 0 radical (unpaired) electrons. The molecule has 204 valence electrons. The molecular formula is C26H30ClN3O6S2. The maximum atomic E-state index is 13.8. The molecule has 3 aromatic carbocycles. The molecule has 12 heteroatoms. The number of nitrogens with one attached hydrogen (secondary N) is 2. The quantitative estimate of drug-likeness (QED) is 0.335. The Morgan fingerprint density at radius 1 is 0.895 bits per heavy atom. The maximum absolute atomic E-state index is 13.8. The van der Waals surface area contributed by atoms with E-state index in [2.05, 4.69) is 10.0 Å². The zero-order chi connectivity index (χ0) is 28.1. The van der Waals surface area contributed by atoms with E-state index < -0.39 is 32.5 Å². The third-order valence-corrected chi connectivity index (χ3v) is 9.37. The Balaban J connectivity index is 1.79. The van der Waals surface area contributed by atoms with Gasteiger partial charge in [-0.3, -0.25) is 9.10 Å². The minimum absolute atomic E-state index is 0.0553. The molecule has 0 saturated heterocycles. The average molecular weight is 580 g/mol. The van der Waals surface area contributed by atoms with Gasteiger partial charge in [0.05, 0.1) is 17.7 Å². The summed E-state index contributed by atoms with van der Waals surface area (Å²) in [5.74, 6) is -0.504. The van der Waals surface area contributed by atoms with E-state index in [1.807, 2.05) is 6.92 Å². The van der Waals surface area contributed by atoms with Crippen molar-refractivity contribution < 1.29 is 26.4 Å². The van der Waals surface area contributed by atoms with Crippen molar-refractivity contribution in [1.82, 2.24) is 10.0 Å². The number of ether oxygens (including phenoxy) is 1. The molecule has 0 spiro atoms. The lowest BCUT2D eigenvalue weighted by atomic mass is 10.2. The van der Waals surface area contributed by atoms with Crippen molar-refractivity contribution in [2.75, 3.05) is 31.0 Å². The van der Waals surface area contributed by atoms with Crippen LogP contribution < -0.4 is 19.1 Å². The first kappa shape index (κ1) is 29.4. The molecule has 0 atom stereocenters. The van der Waals surface area contributed by atoms with E-state index in [4.69, 9.17) is 16.3 Å². The van der Waals surface area contributed by atoms with E-state index in [-0.39, 0.29) is 34.3 Å². The SMILES string of the molecule is COc1ccc(C)cc1S(=O)(=O)N(CC(=O)NCCNS(=O)(=O)c1ccc(C)cc1)c1ccc(C)c(Cl)c1. The summed E-state index contributed by atoms with van der Waals surface area (Å²) in [4.78, 5) is 12.9. The monoisotopic (exact) mass is 579 g/mol. The minimum Gasteiger partial charge on any atom is -0.495 e. The van der Waals surface area contributed by atoms with E-state index in [9.17, 15) is 21.6 Å². The number of amides is 1. The molecule has 0 aromatic heterocycles. The summed E-state index contributed by atoms with van der Waals surface area (Å²) in [6.07, 6.45) is 0. The summed E-state index contributed by atoms with van der Waals surface area (Å²) < 4.78 is 61.1. The molecule has 0 aliphatic heterocycles. The molecule has 0 bridgehead atoms. The third-order valence-electron chi connectivity index (χ3n) is 5.69. The smallest absolute Gasteiger partial charge is 0.268 e. The second-order valence-electron chi connectivity index (χ2n) is 8.66. The number of carbonyl (C=O) groups is 1. The number of rotatable bonds is 11. The van der Waals surface area contributed by atoms with E-state index in [0.717, 1.165) is 15.4 Å². The van der Waals surface area contributed by atoms with Crippen LogP contribution in [0.15, 0.2) is 70.5 Å². The van der Waals surface area contributed by atoms with Crippen LogP contribution >= 0.6 is 11.6 Å².